The lowest BCUT2D eigenvalue weighted by atomic mass is 10.1. The lowest BCUT2D eigenvalue weighted by Gasteiger charge is -2.03. The zero-order chi connectivity index (χ0) is 15.2. The first kappa shape index (κ1) is 14.1. The van der Waals surface area contributed by atoms with Crippen molar-refractivity contribution in [3.05, 3.63) is 72.3 Å². The third-order valence-electron chi connectivity index (χ3n) is 3.35. The van der Waals surface area contributed by atoms with Crippen LogP contribution < -0.4 is 10.2 Å². The summed E-state index contributed by atoms with van der Waals surface area (Å²) in [7, 11) is 0. The predicted octanol–water partition coefficient (Wildman–Crippen LogP) is 4.68. The number of anilines is 1. The molecule has 3 aromatic rings. The molecule has 3 aromatic carbocycles. The fourth-order valence-electron chi connectivity index (χ4n) is 2.26. The lowest BCUT2D eigenvalue weighted by molar-refractivity contribution is 0.340. The Hall–Kier alpha value is -2.81. The summed E-state index contributed by atoms with van der Waals surface area (Å²) in [6, 6.07) is 22.3. The van der Waals surface area contributed by atoms with E-state index in [1.54, 1.807) is 6.21 Å². The number of rotatable bonds is 5. The minimum atomic E-state index is 0.678. The monoisotopic (exact) mass is 290 g/mol. The Morgan fingerprint density at radius 2 is 1.73 bits per heavy atom. The highest BCUT2D eigenvalue weighted by molar-refractivity contribution is 5.86. The lowest BCUT2D eigenvalue weighted by Crippen LogP contribution is -1.93. The fraction of sp³-hybridized carbons (Fsp3) is 0.105. The van der Waals surface area contributed by atoms with Gasteiger partial charge in [0.05, 0.1) is 18.5 Å². The average molecular weight is 290 g/mol. The second kappa shape index (κ2) is 6.76. The van der Waals surface area contributed by atoms with Gasteiger partial charge in [-0.25, -0.2) is 0 Å². The first-order valence-corrected chi connectivity index (χ1v) is 7.36. The molecule has 22 heavy (non-hydrogen) atoms. The molecule has 0 saturated carbocycles. The summed E-state index contributed by atoms with van der Waals surface area (Å²) in [6.45, 7) is 2.65. The summed E-state index contributed by atoms with van der Waals surface area (Å²) in [5.74, 6) is 0.877. The van der Waals surface area contributed by atoms with Gasteiger partial charge in [0, 0.05) is 0 Å². The van der Waals surface area contributed by atoms with Gasteiger partial charge in [-0.05, 0) is 59.7 Å². The molecule has 0 aliphatic rings. The molecule has 110 valence electrons. The largest absolute Gasteiger partial charge is 0.494 e. The van der Waals surface area contributed by atoms with Crippen LogP contribution in [-0.2, 0) is 0 Å². The van der Waals surface area contributed by atoms with Gasteiger partial charge in [0.25, 0.3) is 0 Å². The van der Waals surface area contributed by atoms with Crippen LogP contribution in [0.25, 0.3) is 10.8 Å². The van der Waals surface area contributed by atoms with Gasteiger partial charge in [-0.3, -0.25) is 5.43 Å². The number of benzene rings is 3. The maximum Gasteiger partial charge on any atom is 0.119 e. The maximum absolute atomic E-state index is 5.42. The first-order chi connectivity index (χ1) is 10.8. The minimum absolute atomic E-state index is 0.678. The van der Waals surface area contributed by atoms with E-state index < -0.39 is 0 Å². The van der Waals surface area contributed by atoms with E-state index in [0.29, 0.717) is 6.61 Å². The molecule has 0 aliphatic carbocycles. The zero-order valence-electron chi connectivity index (χ0n) is 12.5. The summed E-state index contributed by atoms with van der Waals surface area (Å²) in [5.41, 5.74) is 5.06. The number of hydrogen-bond acceptors (Lipinski definition) is 3. The SMILES string of the molecule is CCOc1ccc(/C=N/Nc2ccc3ccccc3c2)cc1. The zero-order valence-corrected chi connectivity index (χ0v) is 12.5. The van der Waals surface area contributed by atoms with Crippen LogP contribution in [0.15, 0.2) is 71.8 Å². The maximum atomic E-state index is 5.42. The molecular formula is C19H18N2O. The van der Waals surface area contributed by atoms with E-state index in [1.165, 1.54) is 10.8 Å². The van der Waals surface area contributed by atoms with Gasteiger partial charge >= 0.3 is 0 Å². The van der Waals surface area contributed by atoms with Crippen LogP contribution in [0.5, 0.6) is 5.75 Å². The van der Waals surface area contributed by atoms with Crippen molar-refractivity contribution in [2.24, 2.45) is 5.10 Å². The smallest absolute Gasteiger partial charge is 0.119 e. The van der Waals surface area contributed by atoms with E-state index in [0.717, 1.165) is 17.0 Å². The second-order valence-electron chi connectivity index (χ2n) is 4.93. The highest BCUT2D eigenvalue weighted by Gasteiger charge is 1.95. The Balaban J connectivity index is 1.67. The molecule has 0 bridgehead atoms. The van der Waals surface area contributed by atoms with Crippen molar-refractivity contribution >= 4 is 22.7 Å². The van der Waals surface area contributed by atoms with Crippen molar-refractivity contribution < 1.29 is 4.74 Å². The molecule has 0 atom stereocenters. The van der Waals surface area contributed by atoms with E-state index in [4.69, 9.17) is 4.74 Å². The quantitative estimate of drug-likeness (QED) is 0.546. The van der Waals surface area contributed by atoms with Crippen molar-refractivity contribution in [2.45, 2.75) is 6.92 Å². The van der Waals surface area contributed by atoms with Gasteiger partial charge in [0.15, 0.2) is 0 Å². The molecule has 3 heteroatoms. The molecule has 0 aliphatic heterocycles. The Bertz CT molecular complexity index is 779. The second-order valence-corrected chi connectivity index (χ2v) is 4.93. The predicted molar refractivity (Wildman–Crippen MR) is 92.8 cm³/mol. The number of hydrogen-bond donors (Lipinski definition) is 1. The molecule has 0 saturated heterocycles. The van der Waals surface area contributed by atoms with Crippen LogP contribution in [0.1, 0.15) is 12.5 Å². The van der Waals surface area contributed by atoms with Crippen molar-refractivity contribution in [1.29, 1.82) is 0 Å². The third-order valence-corrected chi connectivity index (χ3v) is 3.35. The highest BCUT2D eigenvalue weighted by Crippen LogP contribution is 2.18. The van der Waals surface area contributed by atoms with Crippen LogP contribution in [0.3, 0.4) is 0 Å². The fourth-order valence-corrected chi connectivity index (χ4v) is 2.26. The van der Waals surface area contributed by atoms with Crippen LogP contribution in [0.4, 0.5) is 5.69 Å². The van der Waals surface area contributed by atoms with E-state index in [9.17, 15) is 0 Å². The molecule has 0 radical (unpaired) electrons. The third kappa shape index (κ3) is 3.44. The summed E-state index contributed by atoms with van der Waals surface area (Å²) in [4.78, 5) is 0. The summed E-state index contributed by atoms with van der Waals surface area (Å²) >= 11 is 0. The van der Waals surface area contributed by atoms with Crippen LogP contribution >= 0.6 is 0 Å². The first-order valence-electron chi connectivity index (χ1n) is 7.36. The van der Waals surface area contributed by atoms with Gasteiger partial charge in [-0.1, -0.05) is 30.3 Å². The average Bonchev–Trinajstić information content (AvgIpc) is 2.57. The van der Waals surface area contributed by atoms with Crippen LogP contribution in [0.2, 0.25) is 0 Å². The molecule has 3 rings (SSSR count). The van der Waals surface area contributed by atoms with Crippen molar-refractivity contribution in [3.63, 3.8) is 0 Å². The molecular weight excluding hydrogens is 272 g/mol. The molecule has 0 heterocycles. The van der Waals surface area contributed by atoms with E-state index >= 15 is 0 Å². The summed E-state index contributed by atoms with van der Waals surface area (Å²) in [6.07, 6.45) is 1.80. The molecule has 0 amide bonds. The molecule has 0 spiro atoms. The minimum Gasteiger partial charge on any atom is -0.494 e. The molecule has 0 aromatic heterocycles. The van der Waals surface area contributed by atoms with E-state index in [2.05, 4.69) is 34.8 Å². The van der Waals surface area contributed by atoms with Gasteiger partial charge < -0.3 is 4.74 Å². The number of ether oxygens (including phenoxy) is 1. The van der Waals surface area contributed by atoms with Crippen molar-refractivity contribution in [2.75, 3.05) is 12.0 Å². The number of fused-ring (bicyclic) bond motifs is 1. The normalized spacial score (nSPS) is 11.0. The number of nitrogens with one attached hydrogen (secondary N) is 1. The Labute approximate surface area is 130 Å². The Morgan fingerprint density at radius 1 is 0.955 bits per heavy atom. The molecule has 3 nitrogen and oxygen atoms in total. The summed E-state index contributed by atoms with van der Waals surface area (Å²) in [5, 5.41) is 6.70. The van der Waals surface area contributed by atoms with Gasteiger partial charge in [-0.2, -0.15) is 5.10 Å². The van der Waals surface area contributed by atoms with E-state index in [-0.39, 0.29) is 0 Å². The van der Waals surface area contributed by atoms with Crippen LogP contribution in [0, 0.1) is 0 Å². The van der Waals surface area contributed by atoms with Crippen molar-refractivity contribution in [1.82, 2.24) is 0 Å². The molecule has 0 unspecified atom stereocenters. The van der Waals surface area contributed by atoms with Gasteiger partial charge in [-0.15, -0.1) is 0 Å². The van der Waals surface area contributed by atoms with Gasteiger partial charge in [0.2, 0.25) is 0 Å². The summed E-state index contributed by atoms with van der Waals surface area (Å²) < 4.78 is 5.42. The number of hydrazone groups is 1. The highest BCUT2D eigenvalue weighted by atomic mass is 16.5. The number of nitrogens with zero attached hydrogens (tertiary/aromatic N) is 1. The van der Waals surface area contributed by atoms with Crippen LogP contribution in [-0.4, -0.2) is 12.8 Å². The van der Waals surface area contributed by atoms with Gasteiger partial charge in [0.1, 0.15) is 5.75 Å². The Kier molecular flexibility index (Phi) is 4.35. The molecule has 0 fully saturated rings. The topological polar surface area (TPSA) is 33.6 Å². The Morgan fingerprint density at radius 3 is 2.50 bits per heavy atom. The van der Waals surface area contributed by atoms with Crippen molar-refractivity contribution in [3.8, 4) is 5.75 Å². The van der Waals surface area contributed by atoms with E-state index in [1.807, 2.05) is 49.4 Å². The molecule has 1 N–H and O–H groups in total. The standard InChI is InChI=1S/C19H18N2O/c1-2-22-19-11-7-15(8-12-19)14-20-21-18-10-9-16-5-3-4-6-17(16)13-18/h3-14,21H,2H2,1H3/b20-14+.